The summed E-state index contributed by atoms with van der Waals surface area (Å²) in [6, 6.07) is 11.4. The largest absolute Gasteiger partial charge is 0.369 e. The zero-order valence-corrected chi connectivity index (χ0v) is 20.2. The molecule has 1 atom stereocenters. The molecule has 2 aromatic carbocycles. The Balaban J connectivity index is 1.33. The van der Waals surface area contributed by atoms with Crippen LogP contribution in [-0.2, 0) is 14.4 Å². The lowest BCUT2D eigenvalue weighted by Gasteiger charge is -2.39. The number of anilines is 2. The van der Waals surface area contributed by atoms with Crippen LogP contribution in [0.4, 0.5) is 15.8 Å². The third-order valence-electron chi connectivity index (χ3n) is 6.46. The molecular formula is C26H32FN5O3. The highest BCUT2D eigenvalue weighted by Crippen LogP contribution is 2.18. The van der Waals surface area contributed by atoms with Crippen LogP contribution in [0.5, 0.6) is 0 Å². The van der Waals surface area contributed by atoms with Crippen LogP contribution in [0.15, 0.2) is 42.5 Å². The Morgan fingerprint density at radius 3 is 2.31 bits per heavy atom. The number of hydrogen-bond donors (Lipinski definition) is 2. The van der Waals surface area contributed by atoms with Gasteiger partial charge in [-0.05, 0) is 61.4 Å². The van der Waals surface area contributed by atoms with E-state index in [1.165, 1.54) is 17.0 Å². The number of nitrogens with zero attached hydrogens (tertiary/aromatic N) is 3. The number of rotatable bonds is 6. The Morgan fingerprint density at radius 2 is 1.66 bits per heavy atom. The first-order valence-electron chi connectivity index (χ1n) is 12.0. The van der Waals surface area contributed by atoms with Crippen LogP contribution in [0.1, 0.15) is 17.5 Å². The molecule has 2 N–H and O–H groups in total. The van der Waals surface area contributed by atoms with Gasteiger partial charge in [-0.2, -0.15) is 0 Å². The highest BCUT2D eigenvalue weighted by Gasteiger charge is 2.35. The van der Waals surface area contributed by atoms with Crippen LogP contribution >= 0.6 is 0 Å². The first-order chi connectivity index (χ1) is 16.8. The van der Waals surface area contributed by atoms with Crippen molar-refractivity contribution in [3.63, 3.8) is 0 Å². The van der Waals surface area contributed by atoms with Crippen molar-refractivity contribution in [2.75, 3.05) is 56.0 Å². The highest BCUT2D eigenvalue weighted by atomic mass is 19.1. The van der Waals surface area contributed by atoms with Crippen molar-refractivity contribution in [1.82, 2.24) is 15.1 Å². The molecule has 35 heavy (non-hydrogen) atoms. The van der Waals surface area contributed by atoms with Gasteiger partial charge >= 0.3 is 0 Å². The summed E-state index contributed by atoms with van der Waals surface area (Å²) in [5, 5.41) is 5.64. The SMILES string of the molecule is Cc1cc(C)cc(NC(=O)CC2C(=O)NCCN2C(=O)CN2CCN(c3ccc(F)cc3)CC2)c1. The van der Waals surface area contributed by atoms with Gasteiger partial charge in [0.25, 0.3) is 0 Å². The molecule has 2 fully saturated rings. The molecule has 9 heteroatoms. The molecule has 186 valence electrons. The second-order valence-electron chi connectivity index (χ2n) is 9.26. The molecule has 3 amide bonds. The maximum Gasteiger partial charge on any atom is 0.243 e. The Bertz CT molecular complexity index is 1060. The summed E-state index contributed by atoms with van der Waals surface area (Å²) in [5.74, 6) is -1.02. The Morgan fingerprint density at radius 1 is 1.00 bits per heavy atom. The lowest BCUT2D eigenvalue weighted by molar-refractivity contribution is -0.145. The molecule has 0 aromatic heterocycles. The fourth-order valence-corrected chi connectivity index (χ4v) is 4.75. The van der Waals surface area contributed by atoms with Crippen LogP contribution < -0.4 is 15.5 Å². The maximum atomic E-state index is 13.2. The number of amides is 3. The van der Waals surface area contributed by atoms with Gasteiger partial charge in [0, 0.05) is 50.6 Å². The smallest absolute Gasteiger partial charge is 0.243 e. The summed E-state index contributed by atoms with van der Waals surface area (Å²) in [5.41, 5.74) is 3.71. The summed E-state index contributed by atoms with van der Waals surface area (Å²) in [6.45, 7) is 7.66. The molecule has 8 nitrogen and oxygen atoms in total. The molecule has 0 bridgehead atoms. The van der Waals surface area contributed by atoms with Gasteiger partial charge in [-0.3, -0.25) is 19.3 Å². The Kier molecular flexibility index (Phi) is 7.65. The number of halogens is 1. The van der Waals surface area contributed by atoms with Gasteiger partial charge < -0.3 is 20.4 Å². The van der Waals surface area contributed by atoms with E-state index in [0.717, 1.165) is 29.9 Å². The van der Waals surface area contributed by atoms with Crippen molar-refractivity contribution in [1.29, 1.82) is 0 Å². The van der Waals surface area contributed by atoms with Gasteiger partial charge in [-0.1, -0.05) is 6.07 Å². The Labute approximate surface area is 205 Å². The predicted octanol–water partition coefficient (Wildman–Crippen LogP) is 1.92. The summed E-state index contributed by atoms with van der Waals surface area (Å²) in [4.78, 5) is 44.2. The van der Waals surface area contributed by atoms with E-state index >= 15 is 0 Å². The standard InChI is InChI=1S/C26H32FN5O3/c1-18-13-19(2)15-21(14-18)29-24(33)16-23-26(35)28-7-8-32(23)25(34)17-30-9-11-31(12-10-30)22-5-3-20(27)4-6-22/h3-6,13-15,23H,7-12,16-17H2,1-2H3,(H,28,35)(H,29,33). The zero-order valence-electron chi connectivity index (χ0n) is 20.2. The molecule has 2 aliphatic rings. The molecule has 2 aromatic rings. The van der Waals surface area contributed by atoms with Crippen molar-refractivity contribution in [2.24, 2.45) is 0 Å². The topological polar surface area (TPSA) is 85.0 Å². The minimum atomic E-state index is -0.831. The van der Waals surface area contributed by atoms with Crippen LogP contribution in [0.2, 0.25) is 0 Å². The van der Waals surface area contributed by atoms with E-state index in [2.05, 4.69) is 20.4 Å². The first kappa shape index (κ1) is 24.7. The molecule has 0 radical (unpaired) electrons. The summed E-state index contributed by atoms with van der Waals surface area (Å²) < 4.78 is 13.2. The quantitative estimate of drug-likeness (QED) is 0.659. The first-order valence-corrected chi connectivity index (χ1v) is 12.0. The molecule has 2 saturated heterocycles. The normalized spacial score (nSPS) is 18.8. The van der Waals surface area contributed by atoms with Crippen molar-refractivity contribution < 1.29 is 18.8 Å². The number of nitrogens with one attached hydrogen (secondary N) is 2. The minimum absolute atomic E-state index is 0.0943. The fraction of sp³-hybridized carbons (Fsp3) is 0.423. The van der Waals surface area contributed by atoms with E-state index in [0.29, 0.717) is 31.9 Å². The van der Waals surface area contributed by atoms with Gasteiger partial charge in [-0.25, -0.2) is 4.39 Å². The van der Waals surface area contributed by atoms with Crippen LogP contribution in [0, 0.1) is 19.7 Å². The number of benzene rings is 2. The van der Waals surface area contributed by atoms with E-state index in [-0.39, 0.29) is 36.5 Å². The van der Waals surface area contributed by atoms with Gasteiger partial charge in [-0.15, -0.1) is 0 Å². The van der Waals surface area contributed by atoms with Crippen molar-refractivity contribution in [3.05, 3.63) is 59.4 Å². The molecule has 1 unspecified atom stereocenters. The second kappa shape index (κ2) is 10.9. The molecular weight excluding hydrogens is 449 g/mol. The van der Waals surface area contributed by atoms with Gasteiger partial charge in [0.2, 0.25) is 17.7 Å². The second-order valence-corrected chi connectivity index (χ2v) is 9.26. The summed E-state index contributed by atoms with van der Waals surface area (Å²) >= 11 is 0. The monoisotopic (exact) mass is 481 g/mol. The van der Waals surface area contributed by atoms with Crippen molar-refractivity contribution >= 4 is 29.1 Å². The lowest BCUT2D eigenvalue weighted by Crippen LogP contribution is -2.60. The van der Waals surface area contributed by atoms with Gasteiger partial charge in [0.15, 0.2) is 0 Å². The van der Waals surface area contributed by atoms with Gasteiger partial charge in [0.05, 0.1) is 13.0 Å². The number of piperazine rings is 2. The lowest BCUT2D eigenvalue weighted by atomic mass is 10.1. The third kappa shape index (κ3) is 6.36. The molecule has 4 rings (SSSR count). The number of carbonyl (C=O) groups is 3. The predicted molar refractivity (Wildman–Crippen MR) is 133 cm³/mol. The average Bonchev–Trinajstić information content (AvgIpc) is 2.80. The van der Waals surface area contributed by atoms with Crippen LogP contribution in [-0.4, -0.2) is 79.4 Å². The van der Waals surface area contributed by atoms with Crippen molar-refractivity contribution in [2.45, 2.75) is 26.3 Å². The average molecular weight is 482 g/mol. The Hall–Kier alpha value is -3.46. The van der Waals surface area contributed by atoms with E-state index in [1.54, 1.807) is 12.1 Å². The fourth-order valence-electron chi connectivity index (χ4n) is 4.75. The van der Waals surface area contributed by atoms with Crippen molar-refractivity contribution in [3.8, 4) is 0 Å². The minimum Gasteiger partial charge on any atom is -0.369 e. The highest BCUT2D eigenvalue weighted by molar-refractivity contribution is 5.97. The molecule has 0 spiro atoms. The summed E-state index contributed by atoms with van der Waals surface area (Å²) in [7, 11) is 0. The molecule has 2 heterocycles. The van der Waals surface area contributed by atoms with Crippen LogP contribution in [0.3, 0.4) is 0 Å². The number of aryl methyl sites for hydroxylation is 2. The van der Waals surface area contributed by atoms with Gasteiger partial charge in [0.1, 0.15) is 11.9 Å². The molecule has 0 saturated carbocycles. The van der Waals surface area contributed by atoms with E-state index in [1.807, 2.05) is 32.0 Å². The summed E-state index contributed by atoms with van der Waals surface area (Å²) in [6.07, 6.45) is -0.0943. The van der Waals surface area contributed by atoms with E-state index < -0.39 is 6.04 Å². The molecule has 0 aliphatic carbocycles. The van der Waals surface area contributed by atoms with E-state index in [9.17, 15) is 18.8 Å². The zero-order chi connectivity index (χ0) is 24.9. The number of carbonyl (C=O) groups excluding carboxylic acids is 3. The maximum absolute atomic E-state index is 13.2. The van der Waals surface area contributed by atoms with E-state index in [4.69, 9.17) is 0 Å². The molecule has 2 aliphatic heterocycles. The van der Waals surface area contributed by atoms with Crippen LogP contribution in [0.25, 0.3) is 0 Å². The number of hydrogen-bond acceptors (Lipinski definition) is 5. The third-order valence-corrected chi connectivity index (χ3v) is 6.46.